The molecular formula is C32H44ClN5O7. The molecule has 246 valence electrons. The highest BCUT2D eigenvalue weighted by atomic mass is 35.5. The van der Waals surface area contributed by atoms with Crippen molar-refractivity contribution in [2.24, 2.45) is 10.6 Å². The van der Waals surface area contributed by atoms with Gasteiger partial charge < -0.3 is 30.4 Å². The number of benzene rings is 1. The minimum absolute atomic E-state index is 0.000465. The topological polar surface area (TPSA) is 156 Å². The van der Waals surface area contributed by atoms with Crippen molar-refractivity contribution >= 4 is 46.9 Å². The van der Waals surface area contributed by atoms with Crippen LogP contribution in [0.5, 0.6) is 0 Å². The van der Waals surface area contributed by atoms with Gasteiger partial charge in [-0.3, -0.25) is 19.2 Å². The van der Waals surface area contributed by atoms with Crippen LogP contribution in [0.2, 0.25) is 5.02 Å². The number of ether oxygens (including phenoxy) is 1. The molecule has 1 aromatic carbocycles. The lowest BCUT2D eigenvalue weighted by atomic mass is 9.85. The summed E-state index contributed by atoms with van der Waals surface area (Å²) in [5.74, 6) is -2.56. The Morgan fingerprint density at radius 1 is 1.16 bits per heavy atom. The van der Waals surface area contributed by atoms with E-state index in [0.29, 0.717) is 23.6 Å². The van der Waals surface area contributed by atoms with E-state index in [4.69, 9.17) is 21.2 Å². The van der Waals surface area contributed by atoms with Gasteiger partial charge >= 0.3 is 6.09 Å². The molecule has 1 saturated heterocycles. The number of rotatable bonds is 11. The molecule has 0 aromatic heterocycles. The fraction of sp³-hybridized carbons (Fsp3) is 0.625. The summed E-state index contributed by atoms with van der Waals surface area (Å²) in [5, 5.41) is 13.0. The lowest BCUT2D eigenvalue weighted by Crippen LogP contribution is -2.59. The molecule has 2 heterocycles. The van der Waals surface area contributed by atoms with Crippen molar-refractivity contribution in [2.45, 2.75) is 116 Å². The number of halogens is 1. The van der Waals surface area contributed by atoms with Gasteiger partial charge in [-0.2, -0.15) is 0 Å². The van der Waals surface area contributed by atoms with Crippen LogP contribution in [0.1, 0.15) is 85.6 Å². The van der Waals surface area contributed by atoms with Gasteiger partial charge in [0.05, 0.1) is 24.4 Å². The van der Waals surface area contributed by atoms with Crippen molar-refractivity contribution in [1.82, 2.24) is 20.9 Å². The molecule has 2 aliphatic heterocycles. The second-order valence-electron chi connectivity index (χ2n) is 13.5. The maximum atomic E-state index is 14.3. The Hall–Kier alpha value is -3.67. The van der Waals surface area contributed by atoms with Crippen LogP contribution < -0.4 is 16.0 Å². The van der Waals surface area contributed by atoms with Crippen molar-refractivity contribution in [3.8, 4) is 0 Å². The molecule has 0 unspecified atom stereocenters. The molecule has 13 heteroatoms. The largest absolute Gasteiger partial charge is 0.447 e. The highest BCUT2D eigenvalue weighted by Gasteiger charge is 2.55. The van der Waals surface area contributed by atoms with Crippen molar-refractivity contribution in [3.63, 3.8) is 0 Å². The monoisotopic (exact) mass is 645 g/mol. The average molecular weight is 646 g/mol. The third kappa shape index (κ3) is 8.53. The standard InChI is InChI=1S/C32H44ClN5O7/c1-7-9-22(25(39)28(41)34-21-12-13-21)35-27(40)24-16-32(15-23(37-45-32)19-10-8-11-20(33)14-19)17-38(24)29(42)26(31(4,5)6)36-30(43)44-18(2)3/h8,10-11,14,18,21-22,24,26H,7,9,12-13,15-17H2,1-6H3,(H,34,41)(H,35,40)(H,36,43)/t22-,24-,26+,32+/m0/s1. The Balaban J connectivity index is 1.61. The van der Waals surface area contributed by atoms with Crippen LogP contribution in [0.4, 0.5) is 4.79 Å². The maximum absolute atomic E-state index is 14.3. The Labute approximate surface area is 268 Å². The number of likely N-dealkylation sites (tertiary alicyclic amines) is 1. The zero-order valence-electron chi connectivity index (χ0n) is 26.8. The zero-order valence-corrected chi connectivity index (χ0v) is 27.5. The number of alkyl carbamates (subject to hydrolysis) is 1. The SMILES string of the molecule is CCC[C@H](NC(=O)[C@@H]1C[C@]2(CC(c3cccc(Cl)c3)=NO2)CN1C(=O)[C@@H](NC(=O)OC(C)C)C(C)(C)C)C(=O)C(=O)NC1CC1. The molecule has 2 fully saturated rings. The number of carbonyl (C=O) groups excluding carboxylic acids is 5. The molecule has 0 radical (unpaired) electrons. The first-order chi connectivity index (χ1) is 21.1. The van der Waals surface area contributed by atoms with Gasteiger partial charge in [0.15, 0.2) is 5.60 Å². The Morgan fingerprint density at radius 2 is 1.87 bits per heavy atom. The first-order valence-electron chi connectivity index (χ1n) is 15.6. The van der Waals surface area contributed by atoms with E-state index < -0.39 is 64.8 Å². The Kier molecular flexibility index (Phi) is 10.5. The van der Waals surface area contributed by atoms with Crippen LogP contribution in [0.25, 0.3) is 0 Å². The molecule has 1 aliphatic carbocycles. The number of ketones is 1. The highest BCUT2D eigenvalue weighted by molar-refractivity contribution is 6.38. The van der Waals surface area contributed by atoms with Crippen LogP contribution in [-0.4, -0.2) is 82.6 Å². The molecule has 3 N–H and O–H groups in total. The number of nitrogens with zero attached hydrogens (tertiary/aromatic N) is 2. The predicted octanol–water partition coefficient (Wildman–Crippen LogP) is 3.49. The molecule has 4 rings (SSSR count). The van der Waals surface area contributed by atoms with Gasteiger partial charge in [0.25, 0.3) is 5.91 Å². The molecule has 4 atom stereocenters. The maximum Gasteiger partial charge on any atom is 0.408 e. The molecule has 12 nitrogen and oxygen atoms in total. The van der Waals surface area contributed by atoms with Gasteiger partial charge in [-0.05, 0) is 50.7 Å². The van der Waals surface area contributed by atoms with E-state index >= 15 is 0 Å². The quantitative estimate of drug-likeness (QED) is 0.311. The van der Waals surface area contributed by atoms with E-state index in [2.05, 4.69) is 21.1 Å². The third-order valence-corrected chi connectivity index (χ3v) is 8.28. The summed E-state index contributed by atoms with van der Waals surface area (Å²) >= 11 is 6.21. The van der Waals surface area contributed by atoms with Crippen LogP contribution in [-0.2, 0) is 28.8 Å². The van der Waals surface area contributed by atoms with Gasteiger partial charge in [-0.1, -0.05) is 63.0 Å². The predicted molar refractivity (Wildman–Crippen MR) is 168 cm³/mol. The number of amides is 4. The summed E-state index contributed by atoms with van der Waals surface area (Å²) < 4.78 is 5.26. The third-order valence-electron chi connectivity index (χ3n) is 8.05. The molecule has 45 heavy (non-hydrogen) atoms. The van der Waals surface area contributed by atoms with E-state index in [1.165, 1.54) is 4.90 Å². The van der Waals surface area contributed by atoms with Gasteiger partial charge in [-0.15, -0.1) is 0 Å². The van der Waals surface area contributed by atoms with E-state index in [-0.39, 0.29) is 25.4 Å². The van der Waals surface area contributed by atoms with Gasteiger partial charge in [-0.25, -0.2) is 4.79 Å². The van der Waals surface area contributed by atoms with E-state index in [1.54, 1.807) is 52.8 Å². The normalized spacial score (nSPS) is 22.4. The first-order valence-corrected chi connectivity index (χ1v) is 15.9. The highest BCUT2D eigenvalue weighted by Crippen LogP contribution is 2.40. The van der Waals surface area contributed by atoms with Crippen molar-refractivity contribution in [3.05, 3.63) is 34.9 Å². The summed E-state index contributed by atoms with van der Waals surface area (Å²) in [6, 6.07) is 3.96. The number of hydrogen-bond donors (Lipinski definition) is 3. The summed E-state index contributed by atoms with van der Waals surface area (Å²) in [6.07, 6.45) is 1.63. The van der Waals surface area contributed by atoms with Crippen molar-refractivity contribution in [1.29, 1.82) is 0 Å². The summed E-state index contributed by atoms with van der Waals surface area (Å²) in [6.45, 7) is 10.6. The molecule has 0 bridgehead atoms. The fourth-order valence-electron chi connectivity index (χ4n) is 5.60. The molecule has 1 aromatic rings. The Morgan fingerprint density at radius 3 is 2.47 bits per heavy atom. The van der Waals surface area contributed by atoms with Gasteiger partial charge in [0.2, 0.25) is 17.6 Å². The van der Waals surface area contributed by atoms with Gasteiger partial charge in [0, 0.05) is 29.5 Å². The fourth-order valence-corrected chi connectivity index (χ4v) is 5.79. The van der Waals surface area contributed by atoms with E-state index in [9.17, 15) is 24.0 Å². The second kappa shape index (κ2) is 13.8. The van der Waals surface area contributed by atoms with Crippen molar-refractivity contribution < 1.29 is 33.5 Å². The molecule has 1 spiro atoms. The number of Topliss-reactive ketones (excluding diaryl/α,β-unsaturated/α-hetero) is 1. The van der Waals surface area contributed by atoms with E-state index in [1.807, 2.05) is 13.0 Å². The average Bonchev–Trinajstić information content (AvgIpc) is 3.55. The van der Waals surface area contributed by atoms with Crippen LogP contribution >= 0.6 is 11.6 Å². The van der Waals surface area contributed by atoms with Gasteiger partial charge in [0.1, 0.15) is 12.1 Å². The first kappa shape index (κ1) is 34.2. The lowest BCUT2D eigenvalue weighted by Gasteiger charge is -2.35. The second-order valence-corrected chi connectivity index (χ2v) is 14.0. The molecular weight excluding hydrogens is 602 g/mol. The number of oxime groups is 1. The molecule has 1 saturated carbocycles. The summed E-state index contributed by atoms with van der Waals surface area (Å²) in [7, 11) is 0. The number of nitrogens with one attached hydrogen (secondary N) is 3. The van der Waals surface area contributed by atoms with Crippen LogP contribution in [0, 0.1) is 5.41 Å². The molecule has 4 amide bonds. The van der Waals surface area contributed by atoms with Crippen LogP contribution in [0.3, 0.4) is 0 Å². The van der Waals surface area contributed by atoms with Crippen molar-refractivity contribution in [2.75, 3.05) is 6.54 Å². The molecule has 3 aliphatic rings. The lowest BCUT2D eigenvalue weighted by molar-refractivity contribution is -0.144. The summed E-state index contributed by atoms with van der Waals surface area (Å²) in [4.78, 5) is 73.9. The minimum Gasteiger partial charge on any atom is -0.447 e. The number of carbonyl (C=O) groups is 5. The zero-order chi connectivity index (χ0) is 33.1. The summed E-state index contributed by atoms with van der Waals surface area (Å²) in [5.41, 5.74) is -0.423. The van der Waals surface area contributed by atoms with E-state index in [0.717, 1.165) is 18.4 Å². The minimum atomic E-state index is -1.07. The number of hydrogen-bond acceptors (Lipinski definition) is 8. The van der Waals surface area contributed by atoms with Crippen LogP contribution in [0.15, 0.2) is 29.4 Å². The smallest absolute Gasteiger partial charge is 0.408 e. The Bertz CT molecular complexity index is 1360.